The molecule has 19 heavy (non-hydrogen) atoms. The predicted molar refractivity (Wildman–Crippen MR) is 73.2 cm³/mol. The number of carbonyl (C=O) groups excluding carboxylic acids is 1. The normalized spacial score (nSPS) is 17.5. The summed E-state index contributed by atoms with van der Waals surface area (Å²) in [6, 6.07) is 5.66. The van der Waals surface area contributed by atoms with E-state index in [1.807, 2.05) is 12.1 Å². The molecular formula is C12H12ClN3O2S. The minimum atomic E-state index is -0.598. The Morgan fingerprint density at radius 2 is 2.53 bits per heavy atom. The molecule has 1 aliphatic heterocycles. The highest BCUT2D eigenvalue weighted by Crippen LogP contribution is 2.26. The van der Waals surface area contributed by atoms with Gasteiger partial charge in [-0.15, -0.1) is 11.3 Å². The summed E-state index contributed by atoms with van der Waals surface area (Å²) in [7, 11) is 1.66. The number of rotatable bonds is 4. The fourth-order valence-electron chi connectivity index (χ4n) is 1.70. The van der Waals surface area contributed by atoms with Gasteiger partial charge in [0.05, 0.1) is 21.7 Å². The topological polar surface area (TPSA) is 65.7 Å². The Hall–Kier alpha value is -1.58. The first-order chi connectivity index (χ1) is 9.11. The second-order valence-corrected chi connectivity index (χ2v) is 5.82. The average molecular weight is 298 g/mol. The van der Waals surface area contributed by atoms with E-state index in [2.05, 4.69) is 5.16 Å². The summed E-state index contributed by atoms with van der Waals surface area (Å²) in [5.74, 6) is -0.156. The molecule has 1 amide bonds. The van der Waals surface area contributed by atoms with E-state index in [4.69, 9.17) is 21.7 Å². The third-order valence-electron chi connectivity index (χ3n) is 2.74. The number of hydrogen-bond acceptors (Lipinski definition) is 5. The summed E-state index contributed by atoms with van der Waals surface area (Å²) in [6.07, 6.45) is 0.148. The van der Waals surface area contributed by atoms with Crippen molar-refractivity contribution in [3.63, 3.8) is 0 Å². The third kappa shape index (κ3) is 3.25. The molecule has 1 aromatic heterocycles. The Morgan fingerprint density at radius 3 is 3.16 bits per heavy atom. The maximum Gasteiger partial charge on any atom is 0.266 e. The van der Waals surface area contributed by atoms with E-state index in [-0.39, 0.29) is 5.91 Å². The van der Waals surface area contributed by atoms with Crippen LogP contribution in [0.3, 0.4) is 0 Å². The quantitative estimate of drug-likeness (QED) is 0.856. The van der Waals surface area contributed by atoms with Crippen LogP contribution < -0.4 is 0 Å². The molecular weight excluding hydrogens is 286 g/mol. The summed E-state index contributed by atoms with van der Waals surface area (Å²) in [5.41, 5.74) is 0.740. The molecule has 0 bridgehead atoms. The standard InChI is InChI=1S/C12H12ClN3O2S/c1-16(6-2-5-14)12(17)9-7-8(15-18-9)10-3-4-11(13)19-10/h3-4,9H,2,6-7H2,1H3/t9-/m0/s1. The van der Waals surface area contributed by atoms with Gasteiger partial charge in [-0.1, -0.05) is 16.8 Å². The molecule has 0 aliphatic carbocycles. The molecule has 1 aromatic rings. The molecule has 0 saturated carbocycles. The largest absolute Gasteiger partial charge is 0.382 e. The van der Waals surface area contributed by atoms with Crippen LogP contribution in [0.5, 0.6) is 0 Å². The van der Waals surface area contributed by atoms with Crippen molar-refractivity contribution in [2.24, 2.45) is 5.16 Å². The van der Waals surface area contributed by atoms with Crippen LogP contribution in [0.1, 0.15) is 17.7 Å². The lowest BCUT2D eigenvalue weighted by molar-refractivity contribution is -0.140. The molecule has 2 heterocycles. The Morgan fingerprint density at radius 1 is 1.74 bits per heavy atom. The van der Waals surface area contributed by atoms with E-state index in [1.54, 1.807) is 13.1 Å². The van der Waals surface area contributed by atoms with Crippen molar-refractivity contribution in [1.82, 2.24) is 4.90 Å². The predicted octanol–water partition coefficient (Wildman–Crippen LogP) is 2.27. The van der Waals surface area contributed by atoms with E-state index in [9.17, 15) is 4.79 Å². The summed E-state index contributed by atoms with van der Waals surface area (Å²) in [4.78, 5) is 19.6. The number of amides is 1. The zero-order valence-electron chi connectivity index (χ0n) is 10.3. The highest BCUT2D eigenvalue weighted by atomic mass is 35.5. The zero-order chi connectivity index (χ0) is 13.8. The SMILES string of the molecule is CN(CCC#N)C(=O)[C@@H]1CC(c2ccc(Cl)s2)=NO1. The molecule has 0 fully saturated rings. The zero-order valence-corrected chi connectivity index (χ0v) is 11.9. The van der Waals surface area contributed by atoms with Crippen LogP contribution in [-0.4, -0.2) is 36.2 Å². The van der Waals surface area contributed by atoms with E-state index in [0.29, 0.717) is 23.7 Å². The first-order valence-corrected chi connectivity index (χ1v) is 6.91. The second kappa shape index (κ2) is 6.04. The van der Waals surface area contributed by atoms with Crippen LogP contribution in [0.4, 0.5) is 0 Å². The summed E-state index contributed by atoms with van der Waals surface area (Å²) >= 11 is 7.27. The van der Waals surface area contributed by atoms with Crippen LogP contribution in [0.2, 0.25) is 4.34 Å². The third-order valence-corrected chi connectivity index (χ3v) is 4.02. The van der Waals surface area contributed by atoms with Gasteiger partial charge in [-0.3, -0.25) is 4.79 Å². The van der Waals surface area contributed by atoms with Crippen molar-refractivity contribution in [1.29, 1.82) is 5.26 Å². The maximum absolute atomic E-state index is 12.0. The highest BCUT2D eigenvalue weighted by Gasteiger charge is 2.31. The minimum Gasteiger partial charge on any atom is -0.382 e. The first kappa shape index (κ1) is 13.8. The molecule has 0 aromatic carbocycles. The molecule has 0 saturated heterocycles. The van der Waals surface area contributed by atoms with Crippen molar-refractivity contribution in [3.8, 4) is 6.07 Å². The summed E-state index contributed by atoms with van der Waals surface area (Å²) < 4.78 is 0.679. The van der Waals surface area contributed by atoms with Crippen molar-refractivity contribution >= 4 is 34.6 Å². The second-order valence-electron chi connectivity index (χ2n) is 4.11. The average Bonchev–Trinajstić information content (AvgIpc) is 3.03. The molecule has 100 valence electrons. The fraction of sp³-hybridized carbons (Fsp3) is 0.417. The van der Waals surface area contributed by atoms with Crippen molar-refractivity contribution in [3.05, 3.63) is 21.3 Å². The number of hydrogen-bond donors (Lipinski definition) is 0. The Kier molecular flexibility index (Phi) is 4.40. The lowest BCUT2D eigenvalue weighted by atomic mass is 10.1. The molecule has 1 aliphatic rings. The number of carbonyl (C=O) groups is 1. The van der Waals surface area contributed by atoms with Crippen molar-refractivity contribution < 1.29 is 9.63 Å². The van der Waals surface area contributed by atoms with E-state index < -0.39 is 6.10 Å². The molecule has 7 heteroatoms. The van der Waals surface area contributed by atoms with Gasteiger partial charge < -0.3 is 9.74 Å². The van der Waals surface area contributed by atoms with Crippen LogP contribution in [0, 0.1) is 11.3 Å². The van der Waals surface area contributed by atoms with Crippen LogP contribution in [0.25, 0.3) is 0 Å². The highest BCUT2D eigenvalue weighted by molar-refractivity contribution is 7.18. The van der Waals surface area contributed by atoms with Gasteiger partial charge in [-0.25, -0.2) is 0 Å². The van der Waals surface area contributed by atoms with Gasteiger partial charge in [0.1, 0.15) is 5.71 Å². The molecule has 0 spiro atoms. The summed E-state index contributed by atoms with van der Waals surface area (Å²) in [5, 5.41) is 12.4. The van der Waals surface area contributed by atoms with Crippen LogP contribution in [-0.2, 0) is 9.63 Å². The number of halogens is 1. The van der Waals surface area contributed by atoms with Crippen LogP contribution in [0.15, 0.2) is 17.3 Å². The Balaban J connectivity index is 1.93. The van der Waals surface area contributed by atoms with Crippen molar-refractivity contribution in [2.75, 3.05) is 13.6 Å². The van der Waals surface area contributed by atoms with Gasteiger partial charge in [0, 0.05) is 20.0 Å². The monoisotopic (exact) mass is 297 g/mol. The minimum absolute atomic E-state index is 0.156. The molecule has 0 radical (unpaired) electrons. The number of nitriles is 1. The fourth-order valence-corrected chi connectivity index (χ4v) is 2.73. The molecule has 0 N–H and O–H groups in total. The Labute approximate surface area is 120 Å². The van der Waals surface area contributed by atoms with E-state index in [1.165, 1.54) is 16.2 Å². The van der Waals surface area contributed by atoms with E-state index in [0.717, 1.165) is 10.6 Å². The summed E-state index contributed by atoms with van der Waals surface area (Å²) in [6.45, 7) is 0.398. The van der Waals surface area contributed by atoms with Crippen molar-refractivity contribution in [2.45, 2.75) is 18.9 Å². The van der Waals surface area contributed by atoms with Gasteiger partial charge >= 0.3 is 0 Å². The lowest BCUT2D eigenvalue weighted by Crippen LogP contribution is -2.37. The molecule has 1 atom stereocenters. The molecule has 0 unspecified atom stereocenters. The number of oxime groups is 1. The van der Waals surface area contributed by atoms with Gasteiger partial charge in [-0.2, -0.15) is 5.26 Å². The number of thiophene rings is 1. The van der Waals surface area contributed by atoms with E-state index >= 15 is 0 Å². The number of nitrogens with zero attached hydrogens (tertiary/aromatic N) is 3. The van der Waals surface area contributed by atoms with Crippen LogP contribution >= 0.6 is 22.9 Å². The molecule has 2 rings (SSSR count). The Bertz CT molecular complexity index is 549. The smallest absolute Gasteiger partial charge is 0.266 e. The number of likely N-dealkylation sites (N-methyl/N-ethyl adjacent to an activating group) is 1. The van der Waals surface area contributed by atoms with Gasteiger partial charge in [0.15, 0.2) is 0 Å². The van der Waals surface area contributed by atoms with Gasteiger partial charge in [0.25, 0.3) is 5.91 Å². The van der Waals surface area contributed by atoms with Gasteiger partial charge in [-0.05, 0) is 12.1 Å². The first-order valence-electron chi connectivity index (χ1n) is 5.72. The lowest BCUT2D eigenvalue weighted by Gasteiger charge is -2.18. The molecule has 5 nitrogen and oxygen atoms in total. The van der Waals surface area contributed by atoms with Gasteiger partial charge in [0.2, 0.25) is 6.10 Å². The maximum atomic E-state index is 12.0.